The highest BCUT2D eigenvalue weighted by Crippen LogP contribution is 2.26. The van der Waals surface area contributed by atoms with Gasteiger partial charge in [0.1, 0.15) is 0 Å². The van der Waals surface area contributed by atoms with Gasteiger partial charge in [-0.2, -0.15) is 16.9 Å². The maximum Gasteiger partial charge on any atom is 0.191 e. The molecule has 26 heavy (non-hydrogen) atoms. The molecule has 2 N–H and O–H groups in total. The molecule has 7 heteroatoms. The molecule has 0 saturated heterocycles. The lowest BCUT2D eigenvalue weighted by molar-refractivity contribution is 0.419. The van der Waals surface area contributed by atoms with Gasteiger partial charge in [-0.3, -0.25) is 4.68 Å². The smallest absolute Gasteiger partial charge is 0.191 e. The van der Waals surface area contributed by atoms with Gasteiger partial charge in [0.05, 0.1) is 12.2 Å². The molecule has 1 heterocycles. The Morgan fingerprint density at radius 3 is 2.65 bits per heavy atom. The van der Waals surface area contributed by atoms with E-state index in [1.54, 1.807) is 0 Å². The molecule has 2 atom stereocenters. The van der Waals surface area contributed by atoms with Crippen LogP contribution in [0.1, 0.15) is 63.4 Å². The molecule has 1 aromatic rings. The summed E-state index contributed by atoms with van der Waals surface area (Å²) < 4.78 is 2.02. The number of rotatable bonds is 7. The largest absolute Gasteiger partial charge is 0.357 e. The zero-order valence-corrected chi connectivity index (χ0v) is 20.1. The predicted molar refractivity (Wildman–Crippen MR) is 125 cm³/mol. The fourth-order valence-electron chi connectivity index (χ4n) is 3.73. The molecule has 0 bridgehead atoms. The van der Waals surface area contributed by atoms with Gasteiger partial charge in [0.2, 0.25) is 0 Å². The van der Waals surface area contributed by atoms with E-state index in [4.69, 9.17) is 4.99 Å². The van der Waals surface area contributed by atoms with E-state index in [2.05, 4.69) is 42.8 Å². The highest BCUT2D eigenvalue weighted by Gasteiger charge is 2.22. The van der Waals surface area contributed by atoms with Gasteiger partial charge in [-0.25, -0.2) is 4.99 Å². The summed E-state index contributed by atoms with van der Waals surface area (Å²) in [7, 11) is 2.04. The average Bonchev–Trinajstić information content (AvgIpc) is 2.94. The highest BCUT2D eigenvalue weighted by atomic mass is 127. The Bertz CT molecular complexity index is 573. The van der Waals surface area contributed by atoms with Crippen LogP contribution in [0.2, 0.25) is 0 Å². The second kappa shape index (κ2) is 12.1. The first-order valence-corrected chi connectivity index (χ1v) is 11.0. The summed E-state index contributed by atoms with van der Waals surface area (Å²) in [5.41, 5.74) is 3.78. The van der Waals surface area contributed by atoms with Crippen LogP contribution in [-0.4, -0.2) is 39.8 Å². The lowest BCUT2D eigenvalue weighted by Crippen LogP contribution is -2.45. The van der Waals surface area contributed by atoms with Gasteiger partial charge >= 0.3 is 0 Å². The van der Waals surface area contributed by atoms with E-state index in [0.717, 1.165) is 30.6 Å². The standard InChI is InChI=1S/C19H35N5S.HI/c1-6-17-16(18(7-2)24(4)23-17)13-21-19(20-8-3)22-14-10-9-11-15(12-14)25-5;/h14-15H,6-13H2,1-5H3,(H2,20,21,22);1H. The number of aryl methyl sites for hydroxylation is 2. The quantitative estimate of drug-likeness (QED) is 0.344. The Hall–Kier alpha value is -0.440. The fraction of sp³-hybridized carbons (Fsp3) is 0.789. The van der Waals surface area contributed by atoms with Crippen molar-refractivity contribution in [3.8, 4) is 0 Å². The summed E-state index contributed by atoms with van der Waals surface area (Å²) in [5, 5.41) is 12.5. The second-order valence-corrected chi connectivity index (χ2v) is 7.90. The number of nitrogens with one attached hydrogen (secondary N) is 2. The lowest BCUT2D eigenvalue weighted by atomic mass is 9.95. The minimum atomic E-state index is 0. The van der Waals surface area contributed by atoms with Crippen LogP contribution in [0.25, 0.3) is 0 Å². The van der Waals surface area contributed by atoms with Gasteiger partial charge < -0.3 is 10.6 Å². The summed E-state index contributed by atoms with van der Waals surface area (Å²) in [6, 6.07) is 0.536. The van der Waals surface area contributed by atoms with Crippen molar-refractivity contribution in [1.82, 2.24) is 20.4 Å². The molecule has 2 unspecified atom stereocenters. The van der Waals surface area contributed by atoms with E-state index in [1.165, 1.54) is 42.6 Å². The summed E-state index contributed by atoms with van der Waals surface area (Å²) in [6.45, 7) is 8.08. The van der Waals surface area contributed by atoms with Gasteiger partial charge in [-0.05, 0) is 45.3 Å². The molecule has 1 aliphatic carbocycles. The van der Waals surface area contributed by atoms with E-state index in [9.17, 15) is 0 Å². The number of hydrogen-bond donors (Lipinski definition) is 2. The van der Waals surface area contributed by atoms with Crippen LogP contribution in [0.15, 0.2) is 4.99 Å². The van der Waals surface area contributed by atoms with Crippen molar-refractivity contribution < 1.29 is 0 Å². The van der Waals surface area contributed by atoms with Crippen LogP contribution in [-0.2, 0) is 26.4 Å². The van der Waals surface area contributed by atoms with Gasteiger partial charge in [0, 0.05) is 36.1 Å². The molecule has 0 radical (unpaired) electrons. The molecule has 1 saturated carbocycles. The maximum atomic E-state index is 4.89. The number of aromatic nitrogens is 2. The zero-order valence-electron chi connectivity index (χ0n) is 17.0. The lowest BCUT2D eigenvalue weighted by Gasteiger charge is -2.29. The Kier molecular flexibility index (Phi) is 11.0. The molecule has 0 aliphatic heterocycles. The van der Waals surface area contributed by atoms with E-state index < -0.39 is 0 Å². The Morgan fingerprint density at radius 1 is 1.27 bits per heavy atom. The third-order valence-electron chi connectivity index (χ3n) is 5.07. The molecule has 0 aromatic carbocycles. The van der Waals surface area contributed by atoms with E-state index in [1.807, 2.05) is 23.5 Å². The second-order valence-electron chi connectivity index (χ2n) is 6.76. The number of nitrogens with zero attached hydrogens (tertiary/aromatic N) is 3. The number of hydrogen-bond acceptors (Lipinski definition) is 3. The summed E-state index contributed by atoms with van der Waals surface area (Å²) >= 11 is 2.00. The van der Waals surface area contributed by atoms with Crippen molar-refractivity contribution in [2.45, 2.75) is 77.1 Å². The summed E-state index contributed by atoms with van der Waals surface area (Å²) in [4.78, 5) is 4.89. The molecule has 5 nitrogen and oxygen atoms in total. The fourth-order valence-corrected chi connectivity index (χ4v) is 4.56. The third-order valence-corrected chi connectivity index (χ3v) is 6.16. The normalized spacial score (nSPS) is 20.6. The van der Waals surface area contributed by atoms with Crippen molar-refractivity contribution in [3.05, 3.63) is 17.0 Å². The average molecular weight is 494 g/mol. The van der Waals surface area contributed by atoms with Crippen LogP contribution in [0.3, 0.4) is 0 Å². The van der Waals surface area contributed by atoms with Gasteiger partial charge in [0.25, 0.3) is 0 Å². The van der Waals surface area contributed by atoms with Crippen LogP contribution in [0.4, 0.5) is 0 Å². The van der Waals surface area contributed by atoms with E-state index in [-0.39, 0.29) is 24.0 Å². The van der Waals surface area contributed by atoms with Crippen molar-refractivity contribution in [3.63, 3.8) is 0 Å². The minimum Gasteiger partial charge on any atom is -0.357 e. The van der Waals surface area contributed by atoms with Crippen LogP contribution in [0.5, 0.6) is 0 Å². The molecule has 1 aromatic heterocycles. The summed E-state index contributed by atoms with van der Waals surface area (Å²) in [6.07, 6.45) is 9.33. The number of halogens is 1. The minimum absolute atomic E-state index is 0. The molecule has 0 spiro atoms. The molecule has 2 rings (SSSR count). The number of guanidine groups is 1. The first-order chi connectivity index (χ1) is 12.1. The molecular weight excluding hydrogens is 457 g/mol. The number of thioether (sulfide) groups is 1. The topological polar surface area (TPSA) is 54.2 Å². The Labute approximate surface area is 180 Å². The Balaban J connectivity index is 0.00000338. The van der Waals surface area contributed by atoms with E-state index in [0.29, 0.717) is 12.6 Å². The molecular formula is C19H36IN5S. The van der Waals surface area contributed by atoms with Gasteiger partial charge in [-0.1, -0.05) is 20.3 Å². The van der Waals surface area contributed by atoms with Crippen molar-refractivity contribution in [1.29, 1.82) is 0 Å². The zero-order chi connectivity index (χ0) is 18.2. The van der Waals surface area contributed by atoms with Crippen LogP contribution >= 0.6 is 35.7 Å². The molecule has 1 aliphatic rings. The van der Waals surface area contributed by atoms with Crippen LogP contribution < -0.4 is 10.6 Å². The van der Waals surface area contributed by atoms with E-state index >= 15 is 0 Å². The molecule has 0 amide bonds. The van der Waals surface area contributed by atoms with Gasteiger partial charge in [-0.15, -0.1) is 24.0 Å². The van der Waals surface area contributed by atoms with Crippen LogP contribution in [0, 0.1) is 0 Å². The first-order valence-electron chi connectivity index (χ1n) is 9.74. The molecule has 1 fully saturated rings. The number of aliphatic imine (C=N–C) groups is 1. The van der Waals surface area contributed by atoms with Crippen molar-refractivity contribution >= 4 is 41.7 Å². The predicted octanol–water partition coefficient (Wildman–Crippen LogP) is 3.89. The third kappa shape index (κ3) is 6.32. The highest BCUT2D eigenvalue weighted by molar-refractivity contribution is 14.0. The SMILES string of the molecule is CCNC(=NCc1c(CC)nn(C)c1CC)NC1CCCC(SC)C1.I. The van der Waals surface area contributed by atoms with Crippen molar-refractivity contribution in [2.75, 3.05) is 12.8 Å². The van der Waals surface area contributed by atoms with Crippen molar-refractivity contribution in [2.24, 2.45) is 12.0 Å². The summed E-state index contributed by atoms with van der Waals surface area (Å²) in [5.74, 6) is 0.946. The monoisotopic (exact) mass is 493 g/mol. The molecule has 150 valence electrons. The maximum absolute atomic E-state index is 4.89. The Morgan fingerprint density at radius 2 is 2.04 bits per heavy atom. The van der Waals surface area contributed by atoms with Gasteiger partial charge in [0.15, 0.2) is 5.96 Å². The first kappa shape index (κ1) is 23.6.